The van der Waals surface area contributed by atoms with Gasteiger partial charge in [-0.2, -0.15) is 0 Å². The molecule has 156 valence electrons. The molecule has 2 fully saturated rings. The van der Waals surface area contributed by atoms with Gasteiger partial charge in [0.15, 0.2) is 0 Å². The quantitative estimate of drug-likeness (QED) is 0.777. The third-order valence-corrected chi connectivity index (χ3v) is 5.52. The molecular formula is C20H32N4O4. The van der Waals surface area contributed by atoms with Gasteiger partial charge in [0.2, 0.25) is 0 Å². The maximum Gasteiger partial charge on any atom is 0.409 e. The van der Waals surface area contributed by atoms with Crippen molar-refractivity contribution < 1.29 is 18.7 Å². The van der Waals surface area contributed by atoms with Crippen LogP contribution in [-0.4, -0.2) is 67.3 Å². The predicted octanol–water partition coefficient (Wildman–Crippen LogP) is 2.73. The van der Waals surface area contributed by atoms with Gasteiger partial charge in [0, 0.05) is 25.7 Å². The zero-order valence-electron chi connectivity index (χ0n) is 16.7. The molecule has 1 unspecified atom stereocenters. The minimum Gasteiger partial charge on any atom is -0.468 e. The summed E-state index contributed by atoms with van der Waals surface area (Å²) in [6.07, 6.45) is 6.52. The molecule has 0 saturated carbocycles. The molecule has 0 bridgehead atoms. The number of carbonyl (C=O) groups is 2. The smallest absolute Gasteiger partial charge is 0.409 e. The first-order valence-electron chi connectivity index (χ1n) is 10.4. The van der Waals surface area contributed by atoms with Crippen molar-refractivity contribution >= 4 is 12.1 Å². The molecule has 3 rings (SSSR count). The summed E-state index contributed by atoms with van der Waals surface area (Å²) in [6, 6.07) is 3.84. The van der Waals surface area contributed by atoms with E-state index in [0.717, 1.165) is 31.7 Å². The average Bonchev–Trinajstić information content (AvgIpc) is 3.24. The second kappa shape index (κ2) is 10.4. The minimum absolute atomic E-state index is 0.0618. The van der Waals surface area contributed by atoms with Crippen LogP contribution in [-0.2, 0) is 4.74 Å². The highest BCUT2D eigenvalue weighted by atomic mass is 16.6. The lowest BCUT2D eigenvalue weighted by molar-refractivity contribution is 0.0956. The van der Waals surface area contributed by atoms with Crippen LogP contribution < -0.4 is 10.6 Å². The van der Waals surface area contributed by atoms with Crippen molar-refractivity contribution in [3.05, 3.63) is 24.2 Å². The number of carbonyl (C=O) groups excluding carboxylic acids is 2. The van der Waals surface area contributed by atoms with E-state index in [1.165, 1.54) is 19.3 Å². The molecule has 2 saturated heterocycles. The summed E-state index contributed by atoms with van der Waals surface area (Å²) in [5.74, 6) is 0.893. The first-order valence-corrected chi connectivity index (χ1v) is 10.4. The molecular weight excluding hydrogens is 360 g/mol. The molecule has 8 nitrogen and oxygen atoms in total. The molecule has 2 N–H and O–H groups in total. The molecule has 0 radical (unpaired) electrons. The summed E-state index contributed by atoms with van der Waals surface area (Å²) < 4.78 is 10.7. The number of likely N-dealkylation sites (tertiary alicyclic amines) is 2. The van der Waals surface area contributed by atoms with Gasteiger partial charge in [-0.15, -0.1) is 0 Å². The standard InChI is InChI=1S/C20H32N4O4/c1-2-27-20(26)24-12-8-16(9-13-24)22-19(25)21-15-17(18-7-6-14-28-18)23-10-4-3-5-11-23/h6-7,14,16-17H,2-5,8-13,15H2,1H3,(H2,21,22,25). The molecule has 0 aromatic carbocycles. The Bertz CT molecular complexity index is 608. The van der Waals surface area contributed by atoms with Crippen LogP contribution in [0.5, 0.6) is 0 Å². The predicted molar refractivity (Wildman–Crippen MR) is 105 cm³/mol. The molecule has 0 spiro atoms. The first-order chi connectivity index (χ1) is 13.7. The van der Waals surface area contributed by atoms with Crippen molar-refractivity contribution in [3.8, 4) is 0 Å². The Morgan fingerprint density at radius 1 is 1.21 bits per heavy atom. The lowest BCUT2D eigenvalue weighted by atomic mass is 10.1. The summed E-state index contributed by atoms with van der Waals surface area (Å²) >= 11 is 0. The molecule has 2 aliphatic rings. The number of nitrogens with one attached hydrogen (secondary N) is 2. The summed E-state index contributed by atoms with van der Waals surface area (Å²) in [6.45, 7) is 5.96. The Balaban J connectivity index is 1.44. The Kier molecular flexibility index (Phi) is 7.59. The number of urea groups is 1. The van der Waals surface area contributed by atoms with Crippen molar-refractivity contribution in [2.75, 3.05) is 39.3 Å². The topological polar surface area (TPSA) is 87.0 Å². The second-order valence-electron chi connectivity index (χ2n) is 7.44. The van der Waals surface area contributed by atoms with Crippen LogP contribution in [0.3, 0.4) is 0 Å². The maximum absolute atomic E-state index is 12.4. The number of ether oxygens (including phenoxy) is 1. The lowest BCUT2D eigenvalue weighted by Gasteiger charge is -2.34. The van der Waals surface area contributed by atoms with Gasteiger partial charge < -0.3 is 24.7 Å². The van der Waals surface area contributed by atoms with Gasteiger partial charge >= 0.3 is 12.1 Å². The largest absolute Gasteiger partial charge is 0.468 e. The van der Waals surface area contributed by atoms with Crippen molar-refractivity contribution in [3.63, 3.8) is 0 Å². The molecule has 8 heteroatoms. The Hall–Kier alpha value is -2.22. The van der Waals surface area contributed by atoms with Crippen molar-refractivity contribution in [1.82, 2.24) is 20.4 Å². The van der Waals surface area contributed by atoms with E-state index >= 15 is 0 Å². The highest BCUT2D eigenvalue weighted by molar-refractivity contribution is 5.74. The second-order valence-corrected chi connectivity index (χ2v) is 7.44. The molecule has 1 atom stereocenters. The van der Waals surface area contributed by atoms with Crippen molar-refractivity contribution in [2.45, 2.75) is 51.1 Å². The fraction of sp³-hybridized carbons (Fsp3) is 0.700. The lowest BCUT2D eigenvalue weighted by Crippen LogP contribution is -2.50. The molecule has 3 amide bonds. The van der Waals surface area contributed by atoms with E-state index in [1.807, 2.05) is 12.1 Å². The third-order valence-electron chi connectivity index (χ3n) is 5.52. The van der Waals surface area contributed by atoms with Crippen molar-refractivity contribution in [2.24, 2.45) is 0 Å². The third kappa shape index (κ3) is 5.64. The molecule has 0 aliphatic carbocycles. The Morgan fingerprint density at radius 3 is 2.61 bits per heavy atom. The first kappa shape index (κ1) is 20.5. The van der Waals surface area contributed by atoms with Crippen molar-refractivity contribution in [1.29, 1.82) is 0 Å². The number of amides is 3. The van der Waals surface area contributed by atoms with Crippen LogP contribution in [0.4, 0.5) is 9.59 Å². The summed E-state index contributed by atoms with van der Waals surface area (Å²) in [5, 5.41) is 6.05. The summed E-state index contributed by atoms with van der Waals surface area (Å²) in [7, 11) is 0. The van der Waals surface area contributed by atoms with Crippen LogP contribution in [0, 0.1) is 0 Å². The van der Waals surface area contributed by atoms with E-state index in [9.17, 15) is 9.59 Å². The Labute approximate surface area is 166 Å². The monoisotopic (exact) mass is 392 g/mol. The summed E-state index contributed by atoms with van der Waals surface area (Å²) in [5.41, 5.74) is 0. The molecule has 28 heavy (non-hydrogen) atoms. The van der Waals surface area contributed by atoms with Crippen LogP contribution >= 0.6 is 0 Å². The molecule has 1 aromatic heterocycles. The molecule has 2 aliphatic heterocycles. The number of nitrogens with zero attached hydrogens (tertiary/aromatic N) is 2. The summed E-state index contributed by atoms with van der Waals surface area (Å²) in [4.78, 5) is 28.3. The molecule has 1 aromatic rings. The van der Waals surface area contributed by atoms with E-state index in [2.05, 4.69) is 15.5 Å². The van der Waals surface area contributed by atoms with Gasteiger partial charge in [0.05, 0.1) is 18.9 Å². The fourth-order valence-electron chi connectivity index (χ4n) is 3.97. The van der Waals surface area contributed by atoms with E-state index < -0.39 is 0 Å². The average molecular weight is 393 g/mol. The van der Waals surface area contributed by atoms with Crippen LogP contribution in [0.2, 0.25) is 0 Å². The number of piperidine rings is 2. The van der Waals surface area contributed by atoms with Gasteiger partial charge in [0.1, 0.15) is 5.76 Å². The van der Waals surface area contributed by atoms with Crippen LogP contribution in [0.15, 0.2) is 22.8 Å². The molecule has 3 heterocycles. The van der Waals surface area contributed by atoms with Gasteiger partial charge in [-0.3, -0.25) is 4.90 Å². The number of furan rings is 1. The highest BCUT2D eigenvalue weighted by Crippen LogP contribution is 2.24. The maximum atomic E-state index is 12.4. The fourth-order valence-corrected chi connectivity index (χ4v) is 3.97. The normalized spacial score (nSPS) is 19.8. The van der Waals surface area contributed by atoms with Crippen LogP contribution in [0.1, 0.15) is 50.8 Å². The van der Waals surface area contributed by atoms with Gasteiger partial charge in [0.25, 0.3) is 0 Å². The van der Waals surface area contributed by atoms with Crippen LogP contribution in [0.25, 0.3) is 0 Å². The van der Waals surface area contributed by atoms with E-state index in [0.29, 0.717) is 26.2 Å². The Morgan fingerprint density at radius 2 is 1.96 bits per heavy atom. The van der Waals surface area contributed by atoms with E-state index in [4.69, 9.17) is 9.15 Å². The number of hydrogen-bond donors (Lipinski definition) is 2. The number of hydrogen-bond acceptors (Lipinski definition) is 5. The minimum atomic E-state index is -0.270. The zero-order valence-corrected chi connectivity index (χ0v) is 16.7. The van der Waals surface area contributed by atoms with Gasteiger partial charge in [-0.05, 0) is 57.8 Å². The number of rotatable bonds is 6. The van der Waals surface area contributed by atoms with Gasteiger partial charge in [-0.1, -0.05) is 6.42 Å². The van der Waals surface area contributed by atoms with Gasteiger partial charge in [-0.25, -0.2) is 9.59 Å². The zero-order chi connectivity index (χ0) is 19.8. The SMILES string of the molecule is CCOC(=O)N1CCC(NC(=O)NCC(c2ccco2)N2CCCCC2)CC1. The van der Waals surface area contributed by atoms with E-state index in [-0.39, 0.29) is 24.2 Å². The highest BCUT2D eigenvalue weighted by Gasteiger charge is 2.27. The van der Waals surface area contributed by atoms with E-state index in [1.54, 1.807) is 18.1 Å².